The number of hydrogen-bond donors (Lipinski definition) is 3. The van der Waals surface area contributed by atoms with Crippen molar-refractivity contribution in [2.45, 2.75) is 4.90 Å². The summed E-state index contributed by atoms with van der Waals surface area (Å²) in [6.07, 6.45) is 0. The number of halogens is 1. The summed E-state index contributed by atoms with van der Waals surface area (Å²) in [4.78, 5) is 26.0. The molecule has 3 aromatic carbocycles. The molecule has 0 unspecified atom stereocenters. The van der Waals surface area contributed by atoms with Crippen LogP contribution in [0.4, 0.5) is 17.1 Å². The second-order valence-corrected chi connectivity index (χ2v) is 7.80. The number of nitrogens with zero attached hydrogens (tertiary/aromatic N) is 1. The van der Waals surface area contributed by atoms with E-state index in [2.05, 4.69) is 22.0 Å². The number of para-hydroxylation sites is 2. The average Bonchev–Trinajstić information content (AvgIpc) is 2.79. The maximum absolute atomic E-state index is 12.7. The standard InChI is InChI=1S/C23H19ClN4O2S/c24-16-9-11-17(12-10-16)27-23(30)18-5-1-2-6-19(18)26-15-22(29)28-20-7-3-4-8-21(20)31-14-13-25/h1-12,26H,14-15H2,(H,27,30)(H,28,29). The lowest BCUT2D eigenvalue weighted by Crippen LogP contribution is -2.23. The predicted octanol–water partition coefficient (Wildman–Crippen LogP) is 5.26. The quantitative estimate of drug-likeness (QED) is 0.407. The fourth-order valence-electron chi connectivity index (χ4n) is 2.74. The summed E-state index contributed by atoms with van der Waals surface area (Å²) in [6.45, 7) is -0.0253. The van der Waals surface area contributed by atoms with Crippen molar-refractivity contribution < 1.29 is 9.59 Å². The van der Waals surface area contributed by atoms with Gasteiger partial charge in [-0.1, -0.05) is 35.9 Å². The number of anilines is 3. The Morgan fingerprint density at radius 1 is 0.903 bits per heavy atom. The van der Waals surface area contributed by atoms with E-state index in [0.717, 1.165) is 4.90 Å². The number of benzene rings is 3. The van der Waals surface area contributed by atoms with Crippen LogP contribution in [-0.4, -0.2) is 24.1 Å². The number of carbonyl (C=O) groups excluding carboxylic acids is 2. The smallest absolute Gasteiger partial charge is 0.257 e. The molecule has 0 heterocycles. The predicted molar refractivity (Wildman–Crippen MR) is 126 cm³/mol. The number of rotatable bonds is 8. The van der Waals surface area contributed by atoms with Gasteiger partial charge in [0, 0.05) is 21.3 Å². The van der Waals surface area contributed by atoms with Crippen LogP contribution in [0, 0.1) is 11.3 Å². The first kappa shape index (κ1) is 22.2. The molecule has 0 spiro atoms. The van der Waals surface area contributed by atoms with Crippen molar-refractivity contribution in [3.05, 3.63) is 83.4 Å². The van der Waals surface area contributed by atoms with Gasteiger partial charge in [-0.2, -0.15) is 5.26 Å². The fraction of sp³-hybridized carbons (Fsp3) is 0.0870. The number of nitriles is 1. The van der Waals surface area contributed by atoms with Crippen molar-refractivity contribution in [1.82, 2.24) is 0 Å². The van der Waals surface area contributed by atoms with Crippen LogP contribution in [0.15, 0.2) is 77.7 Å². The van der Waals surface area contributed by atoms with Crippen LogP contribution in [0.2, 0.25) is 5.02 Å². The normalized spacial score (nSPS) is 10.1. The van der Waals surface area contributed by atoms with E-state index < -0.39 is 0 Å². The van der Waals surface area contributed by atoms with Crippen LogP contribution in [0.5, 0.6) is 0 Å². The molecule has 0 saturated carbocycles. The van der Waals surface area contributed by atoms with Crippen LogP contribution in [0.1, 0.15) is 10.4 Å². The monoisotopic (exact) mass is 450 g/mol. The van der Waals surface area contributed by atoms with Crippen molar-refractivity contribution >= 4 is 52.2 Å². The number of hydrogen-bond acceptors (Lipinski definition) is 5. The molecule has 0 atom stereocenters. The molecular formula is C23H19ClN4O2S. The molecule has 0 radical (unpaired) electrons. The molecule has 0 aliphatic heterocycles. The molecule has 8 heteroatoms. The van der Waals surface area contributed by atoms with E-state index in [4.69, 9.17) is 16.9 Å². The van der Waals surface area contributed by atoms with Crippen molar-refractivity contribution in [2.75, 3.05) is 28.2 Å². The molecule has 31 heavy (non-hydrogen) atoms. The lowest BCUT2D eigenvalue weighted by Gasteiger charge is -2.13. The summed E-state index contributed by atoms with van der Waals surface area (Å²) in [5.41, 5.74) is 2.21. The Bertz CT molecular complexity index is 1110. The summed E-state index contributed by atoms with van der Waals surface area (Å²) in [6, 6.07) is 23.1. The highest BCUT2D eigenvalue weighted by molar-refractivity contribution is 7.99. The molecule has 0 aliphatic carbocycles. The van der Waals surface area contributed by atoms with E-state index in [1.54, 1.807) is 54.6 Å². The van der Waals surface area contributed by atoms with Gasteiger partial charge < -0.3 is 16.0 Å². The highest BCUT2D eigenvalue weighted by Crippen LogP contribution is 2.26. The molecule has 6 nitrogen and oxygen atoms in total. The summed E-state index contributed by atoms with van der Waals surface area (Å²) in [5, 5.41) is 18.0. The van der Waals surface area contributed by atoms with Gasteiger partial charge in [0.15, 0.2) is 0 Å². The zero-order chi connectivity index (χ0) is 22.1. The number of thioether (sulfide) groups is 1. The van der Waals surface area contributed by atoms with Crippen molar-refractivity contribution in [1.29, 1.82) is 5.26 Å². The molecule has 3 N–H and O–H groups in total. The van der Waals surface area contributed by atoms with Crippen molar-refractivity contribution in [3.8, 4) is 6.07 Å². The Balaban J connectivity index is 1.63. The van der Waals surface area contributed by atoms with E-state index in [1.165, 1.54) is 11.8 Å². The maximum atomic E-state index is 12.7. The van der Waals surface area contributed by atoms with Crippen molar-refractivity contribution in [2.24, 2.45) is 0 Å². The van der Waals surface area contributed by atoms with Gasteiger partial charge in [0.05, 0.1) is 29.6 Å². The molecule has 0 saturated heterocycles. The minimum atomic E-state index is -0.302. The first-order valence-corrected chi connectivity index (χ1v) is 10.7. The third kappa shape index (κ3) is 6.51. The average molecular weight is 451 g/mol. The van der Waals surface area contributed by atoms with Crippen LogP contribution in [0.25, 0.3) is 0 Å². The van der Waals surface area contributed by atoms with E-state index in [9.17, 15) is 9.59 Å². The number of amides is 2. The third-order valence-electron chi connectivity index (χ3n) is 4.17. The second-order valence-electron chi connectivity index (χ2n) is 6.35. The highest BCUT2D eigenvalue weighted by Gasteiger charge is 2.13. The first-order chi connectivity index (χ1) is 15.1. The molecule has 2 amide bonds. The topological polar surface area (TPSA) is 94.0 Å². The highest BCUT2D eigenvalue weighted by atomic mass is 35.5. The zero-order valence-electron chi connectivity index (χ0n) is 16.4. The van der Waals surface area contributed by atoms with Crippen LogP contribution >= 0.6 is 23.4 Å². The van der Waals surface area contributed by atoms with Gasteiger partial charge >= 0.3 is 0 Å². The van der Waals surface area contributed by atoms with E-state index >= 15 is 0 Å². The van der Waals surface area contributed by atoms with Gasteiger partial charge in [-0.05, 0) is 48.5 Å². The zero-order valence-corrected chi connectivity index (χ0v) is 18.0. The molecule has 156 valence electrons. The molecule has 3 aromatic rings. The van der Waals surface area contributed by atoms with Crippen molar-refractivity contribution in [3.63, 3.8) is 0 Å². The van der Waals surface area contributed by atoms with Gasteiger partial charge in [-0.25, -0.2) is 0 Å². The minimum absolute atomic E-state index is 0.0253. The number of carbonyl (C=O) groups is 2. The molecule has 0 bridgehead atoms. The van der Waals surface area contributed by atoms with Gasteiger partial charge in [0.2, 0.25) is 5.91 Å². The maximum Gasteiger partial charge on any atom is 0.257 e. The van der Waals surface area contributed by atoms with Gasteiger partial charge in [0.25, 0.3) is 5.91 Å². The molecule has 0 aromatic heterocycles. The SMILES string of the molecule is N#CCSc1ccccc1NC(=O)CNc1ccccc1C(=O)Nc1ccc(Cl)cc1. The third-order valence-corrected chi connectivity index (χ3v) is 5.36. The Morgan fingerprint density at radius 2 is 1.58 bits per heavy atom. The van der Waals surface area contributed by atoms with Gasteiger partial charge in [0.1, 0.15) is 0 Å². The Morgan fingerprint density at radius 3 is 2.32 bits per heavy atom. The summed E-state index contributed by atoms with van der Waals surface area (Å²) < 4.78 is 0. The van der Waals surface area contributed by atoms with Crippen LogP contribution in [-0.2, 0) is 4.79 Å². The molecule has 3 rings (SSSR count). The lowest BCUT2D eigenvalue weighted by atomic mass is 10.1. The Hall–Kier alpha value is -3.47. The molecule has 0 fully saturated rings. The largest absolute Gasteiger partial charge is 0.376 e. The second kappa shape index (κ2) is 11.1. The van der Waals surface area contributed by atoms with Gasteiger partial charge in [-0.15, -0.1) is 11.8 Å². The van der Waals surface area contributed by atoms with Gasteiger partial charge in [-0.3, -0.25) is 9.59 Å². The summed E-state index contributed by atoms with van der Waals surface area (Å²) in [5.74, 6) is -0.275. The summed E-state index contributed by atoms with van der Waals surface area (Å²) >= 11 is 7.23. The van der Waals surface area contributed by atoms with Crippen LogP contribution in [0.3, 0.4) is 0 Å². The van der Waals surface area contributed by atoms with Crippen LogP contribution < -0.4 is 16.0 Å². The Labute approximate surface area is 189 Å². The molecular weight excluding hydrogens is 432 g/mol. The van der Waals surface area contributed by atoms with E-state index in [-0.39, 0.29) is 18.4 Å². The lowest BCUT2D eigenvalue weighted by molar-refractivity contribution is -0.114. The fourth-order valence-corrected chi connectivity index (χ4v) is 3.54. The minimum Gasteiger partial charge on any atom is -0.376 e. The first-order valence-electron chi connectivity index (χ1n) is 9.35. The summed E-state index contributed by atoms with van der Waals surface area (Å²) in [7, 11) is 0. The van der Waals surface area contributed by atoms with E-state index in [1.807, 2.05) is 18.2 Å². The molecule has 0 aliphatic rings. The Kier molecular flexibility index (Phi) is 7.93. The van der Waals surface area contributed by atoms with E-state index in [0.29, 0.717) is 33.4 Å². The number of nitrogens with one attached hydrogen (secondary N) is 3.